The standard InChI is InChI=1S/C11H22N2O5S/c14-9-5-1-3-7-12-19(17,18)13-8-4-2-6-10(13)11(15)16/h10,12,14H,1-9H2,(H,15,16). The molecule has 1 aliphatic rings. The minimum absolute atomic E-state index is 0.0972. The number of aliphatic hydroxyl groups excluding tert-OH is 1. The molecule has 1 aliphatic heterocycles. The number of rotatable bonds is 8. The van der Waals surface area contributed by atoms with Crippen LogP contribution < -0.4 is 4.72 Å². The van der Waals surface area contributed by atoms with Gasteiger partial charge in [-0.3, -0.25) is 4.79 Å². The largest absolute Gasteiger partial charge is 0.480 e. The Kier molecular flexibility index (Phi) is 6.70. The van der Waals surface area contributed by atoms with Gasteiger partial charge in [-0.2, -0.15) is 12.7 Å². The number of unbranched alkanes of at least 4 members (excludes halogenated alkanes) is 2. The maximum absolute atomic E-state index is 12.0. The fourth-order valence-electron chi connectivity index (χ4n) is 2.14. The number of hydrogen-bond acceptors (Lipinski definition) is 4. The quantitative estimate of drug-likeness (QED) is 0.543. The molecular weight excluding hydrogens is 272 g/mol. The van der Waals surface area contributed by atoms with E-state index in [0.29, 0.717) is 25.7 Å². The summed E-state index contributed by atoms with van der Waals surface area (Å²) in [5, 5.41) is 17.7. The van der Waals surface area contributed by atoms with Crippen molar-refractivity contribution in [1.29, 1.82) is 0 Å². The van der Waals surface area contributed by atoms with E-state index in [4.69, 9.17) is 10.2 Å². The molecule has 0 bridgehead atoms. The van der Waals surface area contributed by atoms with Crippen LogP contribution in [0, 0.1) is 0 Å². The summed E-state index contributed by atoms with van der Waals surface area (Å²) in [7, 11) is -3.72. The molecule has 1 unspecified atom stereocenters. The van der Waals surface area contributed by atoms with Gasteiger partial charge in [-0.05, 0) is 38.5 Å². The minimum Gasteiger partial charge on any atom is -0.480 e. The third kappa shape index (κ3) is 5.06. The summed E-state index contributed by atoms with van der Waals surface area (Å²) < 4.78 is 27.5. The Morgan fingerprint density at radius 3 is 2.63 bits per heavy atom. The number of carboxylic acid groups (broad SMARTS) is 1. The Hall–Kier alpha value is -0.700. The van der Waals surface area contributed by atoms with E-state index in [1.54, 1.807) is 0 Å². The predicted octanol–water partition coefficient (Wildman–Crippen LogP) is -0.0775. The highest BCUT2D eigenvalue weighted by molar-refractivity contribution is 7.87. The first-order valence-corrected chi connectivity index (χ1v) is 8.03. The van der Waals surface area contributed by atoms with Crippen molar-refractivity contribution in [2.75, 3.05) is 19.7 Å². The molecule has 0 aromatic carbocycles. The van der Waals surface area contributed by atoms with Crippen LogP contribution in [0.4, 0.5) is 0 Å². The number of nitrogens with zero attached hydrogens (tertiary/aromatic N) is 1. The van der Waals surface area contributed by atoms with Crippen LogP contribution in [-0.2, 0) is 15.0 Å². The van der Waals surface area contributed by atoms with Gasteiger partial charge in [0.15, 0.2) is 0 Å². The Morgan fingerprint density at radius 1 is 1.26 bits per heavy atom. The molecule has 1 rings (SSSR count). The van der Waals surface area contributed by atoms with Gasteiger partial charge in [0, 0.05) is 19.7 Å². The predicted molar refractivity (Wildman–Crippen MR) is 69.8 cm³/mol. The van der Waals surface area contributed by atoms with Crippen molar-refractivity contribution in [3.63, 3.8) is 0 Å². The molecule has 19 heavy (non-hydrogen) atoms. The topological polar surface area (TPSA) is 107 Å². The molecule has 112 valence electrons. The van der Waals surface area contributed by atoms with Crippen molar-refractivity contribution in [2.45, 2.75) is 44.6 Å². The van der Waals surface area contributed by atoms with Crippen LogP contribution in [-0.4, -0.2) is 54.6 Å². The van der Waals surface area contributed by atoms with Crippen LogP contribution in [0.15, 0.2) is 0 Å². The number of piperidine rings is 1. The summed E-state index contributed by atoms with van der Waals surface area (Å²) in [5.41, 5.74) is 0. The van der Waals surface area contributed by atoms with E-state index in [-0.39, 0.29) is 19.7 Å². The van der Waals surface area contributed by atoms with Crippen LogP contribution >= 0.6 is 0 Å². The van der Waals surface area contributed by atoms with E-state index in [9.17, 15) is 13.2 Å². The van der Waals surface area contributed by atoms with Crippen molar-refractivity contribution in [3.8, 4) is 0 Å². The molecule has 0 radical (unpaired) electrons. The van der Waals surface area contributed by atoms with Crippen LogP contribution in [0.5, 0.6) is 0 Å². The van der Waals surface area contributed by atoms with E-state index >= 15 is 0 Å². The van der Waals surface area contributed by atoms with E-state index in [1.165, 1.54) is 0 Å². The molecule has 0 aliphatic carbocycles. The van der Waals surface area contributed by atoms with E-state index in [1.807, 2.05) is 0 Å². The van der Waals surface area contributed by atoms with Crippen LogP contribution in [0.1, 0.15) is 38.5 Å². The lowest BCUT2D eigenvalue weighted by Crippen LogP contribution is -2.52. The first kappa shape index (κ1) is 16.4. The Bertz CT molecular complexity index is 385. The number of carboxylic acids is 1. The summed E-state index contributed by atoms with van der Waals surface area (Å²) in [6.45, 7) is 0.619. The van der Waals surface area contributed by atoms with Gasteiger partial charge >= 0.3 is 5.97 Å². The third-order valence-corrected chi connectivity index (χ3v) is 4.79. The normalized spacial score (nSPS) is 21.4. The highest BCUT2D eigenvalue weighted by Gasteiger charge is 2.36. The number of carbonyl (C=O) groups is 1. The zero-order chi connectivity index (χ0) is 14.3. The average Bonchev–Trinajstić information content (AvgIpc) is 2.38. The van der Waals surface area contributed by atoms with Crippen molar-refractivity contribution in [1.82, 2.24) is 9.03 Å². The Balaban J connectivity index is 2.52. The first-order valence-electron chi connectivity index (χ1n) is 6.59. The fourth-order valence-corrected chi connectivity index (χ4v) is 3.61. The maximum Gasteiger partial charge on any atom is 0.322 e. The van der Waals surface area contributed by atoms with Crippen LogP contribution in [0.3, 0.4) is 0 Å². The van der Waals surface area contributed by atoms with Gasteiger partial charge < -0.3 is 10.2 Å². The number of aliphatic carboxylic acids is 1. The fraction of sp³-hybridized carbons (Fsp3) is 0.909. The van der Waals surface area contributed by atoms with E-state index < -0.39 is 22.2 Å². The highest BCUT2D eigenvalue weighted by atomic mass is 32.2. The average molecular weight is 294 g/mol. The summed E-state index contributed by atoms with van der Waals surface area (Å²) >= 11 is 0. The van der Waals surface area contributed by atoms with Crippen molar-refractivity contribution >= 4 is 16.2 Å². The summed E-state index contributed by atoms with van der Waals surface area (Å²) in [4.78, 5) is 11.1. The number of nitrogens with one attached hydrogen (secondary N) is 1. The molecule has 0 aromatic rings. The Morgan fingerprint density at radius 2 is 2.00 bits per heavy atom. The lowest BCUT2D eigenvalue weighted by Gasteiger charge is -2.31. The first-order chi connectivity index (χ1) is 8.99. The molecule has 1 heterocycles. The smallest absolute Gasteiger partial charge is 0.322 e. The summed E-state index contributed by atoms with van der Waals surface area (Å²) in [5.74, 6) is -1.09. The van der Waals surface area contributed by atoms with Crippen molar-refractivity contribution in [2.24, 2.45) is 0 Å². The van der Waals surface area contributed by atoms with Gasteiger partial charge in [-0.1, -0.05) is 0 Å². The molecule has 0 aromatic heterocycles. The molecule has 0 amide bonds. The molecular formula is C11H22N2O5S. The van der Waals surface area contributed by atoms with Gasteiger partial charge in [-0.25, -0.2) is 4.72 Å². The highest BCUT2D eigenvalue weighted by Crippen LogP contribution is 2.19. The summed E-state index contributed by atoms with van der Waals surface area (Å²) in [6, 6.07) is -0.955. The van der Waals surface area contributed by atoms with Crippen LogP contribution in [0.2, 0.25) is 0 Å². The van der Waals surface area contributed by atoms with E-state index in [2.05, 4.69) is 4.72 Å². The maximum atomic E-state index is 12.0. The zero-order valence-electron chi connectivity index (χ0n) is 10.9. The molecule has 3 N–H and O–H groups in total. The number of hydrogen-bond donors (Lipinski definition) is 3. The SMILES string of the molecule is O=C(O)C1CCCCN1S(=O)(=O)NCCCCCO. The lowest BCUT2D eigenvalue weighted by atomic mass is 10.1. The molecule has 1 saturated heterocycles. The second kappa shape index (κ2) is 7.78. The van der Waals surface area contributed by atoms with Crippen LogP contribution in [0.25, 0.3) is 0 Å². The minimum atomic E-state index is -3.72. The zero-order valence-corrected chi connectivity index (χ0v) is 11.7. The van der Waals surface area contributed by atoms with Gasteiger partial charge in [0.1, 0.15) is 6.04 Å². The van der Waals surface area contributed by atoms with Gasteiger partial charge in [0.25, 0.3) is 10.2 Å². The number of aliphatic hydroxyl groups is 1. The van der Waals surface area contributed by atoms with Gasteiger partial charge in [0.2, 0.25) is 0 Å². The second-order valence-corrected chi connectivity index (χ2v) is 6.35. The molecule has 8 heteroatoms. The second-order valence-electron chi connectivity index (χ2n) is 4.64. The van der Waals surface area contributed by atoms with Crippen molar-refractivity contribution in [3.05, 3.63) is 0 Å². The molecule has 7 nitrogen and oxygen atoms in total. The van der Waals surface area contributed by atoms with E-state index in [0.717, 1.165) is 17.1 Å². The monoisotopic (exact) mass is 294 g/mol. The molecule has 1 fully saturated rings. The van der Waals surface area contributed by atoms with Gasteiger partial charge in [-0.15, -0.1) is 0 Å². The molecule has 1 atom stereocenters. The molecule has 0 saturated carbocycles. The summed E-state index contributed by atoms with van der Waals surface area (Å²) in [6.07, 6.45) is 3.80. The molecule has 0 spiro atoms. The Labute approximate surface area is 113 Å². The third-order valence-electron chi connectivity index (χ3n) is 3.17. The van der Waals surface area contributed by atoms with Gasteiger partial charge in [0.05, 0.1) is 0 Å². The van der Waals surface area contributed by atoms with Crippen molar-refractivity contribution < 1.29 is 23.4 Å². The lowest BCUT2D eigenvalue weighted by molar-refractivity contribution is -0.142.